The van der Waals surface area contributed by atoms with Gasteiger partial charge in [0.25, 0.3) is 0 Å². The number of nitrogens with zero attached hydrogens (tertiary/aromatic N) is 4. The van der Waals surface area contributed by atoms with Crippen LogP contribution in [0, 0.1) is 6.92 Å². The highest BCUT2D eigenvalue weighted by atomic mass is 32.2. The number of hydrogen-bond acceptors (Lipinski definition) is 6. The molecule has 0 atom stereocenters. The molecule has 5 nitrogen and oxygen atoms in total. The van der Waals surface area contributed by atoms with E-state index in [2.05, 4.69) is 73.2 Å². The van der Waals surface area contributed by atoms with Gasteiger partial charge in [0.15, 0.2) is 5.16 Å². The van der Waals surface area contributed by atoms with Crippen molar-refractivity contribution in [1.82, 2.24) is 15.0 Å². The molecule has 3 heterocycles. The average Bonchev–Trinajstić information content (AvgIpc) is 2.73. The molecule has 1 aliphatic heterocycles. The Kier molecular flexibility index (Phi) is 5.69. The van der Waals surface area contributed by atoms with Crippen LogP contribution in [0.2, 0.25) is 0 Å². The second-order valence-corrected chi connectivity index (χ2v) is 9.53. The standard InChI is InChI=1S/C24H29N5S/c1-16-7-6-13-25-22(16)29-14-12-20-19(15-29)21(28-23(27-20)30-5)26-18-10-8-17(9-11-18)24(2,3)4/h6-11,13H,12,14-15H2,1-5H3,(H,26,27,28). The largest absolute Gasteiger partial charge is 0.351 e. The van der Waals surface area contributed by atoms with Crippen LogP contribution in [-0.4, -0.2) is 27.8 Å². The Morgan fingerprint density at radius 3 is 2.50 bits per heavy atom. The molecule has 1 N–H and O–H groups in total. The maximum Gasteiger partial charge on any atom is 0.189 e. The minimum Gasteiger partial charge on any atom is -0.351 e. The molecule has 3 aromatic rings. The van der Waals surface area contributed by atoms with Gasteiger partial charge >= 0.3 is 0 Å². The average molecular weight is 420 g/mol. The summed E-state index contributed by atoms with van der Waals surface area (Å²) in [6, 6.07) is 12.7. The molecule has 30 heavy (non-hydrogen) atoms. The number of aryl methyl sites for hydroxylation is 1. The van der Waals surface area contributed by atoms with E-state index < -0.39 is 0 Å². The quantitative estimate of drug-likeness (QED) is 0.445. The van der Waals surface area contributed by atoms with Gasteiger partial charge < -0.3 is 10.2 Å². The molecule has 0 spiro atoms. The SMILES string of the molecule is CSc1nc2c(c(Nc3ccc(C(C)(C)C)cc3)n1)CN(c1ncccc1C)CC2. The zero-order valence-corrected chi connectivity index (χ0v) is 19.2. The third-order valence-corrected chi connectivity index (χ3v) is 6.07. The van der Waals surface area contributed by atoms with Crippen molar-refractivity contribution >= 4 is 29.1 Å². The predicted octanol–water partition coefficient (Wildman–Crippen LogP) is 5.51. The van der Waals surface area contributed by atoms with Crippen molar-refractivity contribution < 1.29 is 0 Å². The first-order valence-corrected chi connectivity index (χ1v) is 11.6. The Bertz CT molecular complexity index is 1040. The maximum absolute atomic E-state index is 4.82. The van der Waals surface area contributed by atoms with E-state index in [9.17, 15) is 0 Å². The number of nitrogens with one attached hydrogen (secondary N) is 1. The van der Waals surface area contributed by atoms with Crippen LogP contribution < -0.4 is 10.2 Å². The Morgan fingerprint density at radius 2 is 1.83 bits per heavy atom. The van der Waals surface area contributed by atoms with Gasteiger partial charge in [-0.1, -0.05) is 50.7 Å². The molecule has 0 bridgehead atoms. The summed E-state index contributed by atoms with van der Waals surface area (Å²) in [6.45, 7) is 10.5. The molecule has 1 aliphatic rings. The monoisotopic (exact) mass is 419 g/mol. The van der Waals surface area contributed by atoms with Crippen LogP contribution in [0.3, 0.4) is 0 Å². The van der Waals surface area contributed by atoms with Crippen LogP contribution in [0.5, 0.6) is 0 Å². The highest BCUT2D eigenvalue weighted by molar-refractivity contribution is 7.98. The van der Waals surface area contributed by atoms with Crippen LogP contribution in [0.4, 0.5) is 17.3 Å². The third-order valence-electron chi connectivity index (χ3n) is 5.52. The predicted molar refractivity (Wildman–Crippen MR) is 126 cm³/mol. The first-order chi connectivity index (χ1) is 14.3. The summed E-state index contributed by atoms with van der Waals surface area (Å²) >= 11 is 1.58. The van der Waals surface area contributed by atoms with E-state index in [1.54, 1.807) is 11.8 Å². The summed E-state index contributed by atoms with van der Waals surface area (Å²) in [6.07, 6.45) is 4.77. The fraction of sp³-hybridized carbons (Fsp3) is 0.375. The molecule has 0 fully saturated rings. The molecule has 0 aliphatic carbocycles. The third kappa shape index (κ3) is 4.29. The minimum absolute atomic E-state index is 0.139. The number of thioether (sulfide) groups is 1. The highest BCUT2D eigenvalue weighted by Gasteiger charge is 2.24. The zero-order chi connectivity index (χ0) is 21.3. The summed E-state index contributed by atoms with van der Waals surface area (Å²) < 4.78 is 0. The molecular weight excluding hydrogens is 390 g/mol. The van der Waals surface area contributed by atoms with Crippen LogP contribution in [0.15, 0.2) is 47.8 Å². The molecule has 6 heteroatoms. The number of hydrogen-bond donors (Lipinski definition) is 1. The number of rotatable bonds is 4. The van der Waals surface area contributed by atoms with Gasteiger partial charge in [-0.15, -0.1) is 0 Å². The van der Waals surface area contributed by atoms with E-state index in [1.807, 2.05) is 18.5 Å². The number of anilines is 3. The van der Waals surface area contributed by atoms with Crippen molar-refractivity contribution in [3.05, 3.63) is 65.0 Å². The van der Waals surface area contributed by atoms with Crippen LogP contribution in [-0.2, 0) is 18.4 Å². The smallest absolute Gasteiger partial charge is 0.189 e. The summed E-state index contributed by atoms with van der Waals surface area (Å²) in [5.74, 6) is 1.93. The van der Waals surface area contributed by atoms with E-state index in [0.29, 0.717) is 0 Å². The molecule has 1 aromatic carbocycles. The van der Waals surface area contributed by atoms with Crippen molar-refractivity contribution in [1.29, 1.82) is 0 Å². The Balaban J connectivity index is 1.66. The zero-order valence-electron chi connectivity index (χ0n) is 18.4. The van der Waals surface area contributed by atoms with Crippen molar-refractivity contribution in [3.63, 3.8) is 0 Å². The fourth-order valence-corrected chi connectivity index (χ4v) is 4.15. The van der Waals surface area contributed by atoms with Gasteiger partial charge in [0.2, 0.25) is 0 Å². The van der Waals surface area contributed by atoms with E-state index in [-0.39, 0.29) is 5.41 Å². The lowest BCUT2D eigenvalue weighted by Crippen LogP contribution is -2.33. The second-order valence-electron chi connectivity index (χ2n) is 8.75. The Hall–Kier alpha value is -2.60. The molecule has 156 valence electrons. The highest BCUT2D eigenvalue weighted by Crippen LogP contribution is 2.32. The maximum atomic E-state index is 4.82. The van der Waals surface area contributed by atoms with E-state index in [4.69, 9.17) is 9.97 Å². The van der Waals surface area contributed by atoms with Gasteiger partial charge in [-0.3, -0.25) is 0 Å². The molecule has 0 saturated carbocycles. The second kappa shape index (κ2) is 8.26. The molecule has 0 radical (unpaired) electrons. The van der Waals surface area contributed by atoms with Gasteiger partial charge in [0.1, 0.15) is 11.6 Å². The van der Waals surface area contributed by atoms with Crippen molar-refractivity contribution in [3.8, 4) is 0 Å². The normalized spacial score (nSPS) is 13.8. The first kappa shape index (κ1) is 20.7. The molecule has 0 saturated heterocycles. The van der Waals surface area contributed by atoms with E-state index in [0.717, 1.165) is 53.2 Å². The van der Waals surface area contributed by atoms with Crippen LogP contribution >= 0.6 is 11.8 Å². The van der Waals surface area contributed by atoms with Gasteiger partial charge in [-0.2, -0.15) is 0 Å². The van der Waals surface area contributed by atoms with Crippen molar-refractivity contribution in [2.45, 2.75) is 51.2 Å². The Labute approximate surface area is 183 Å². The summed E-state index contributed by atoms with van der Waals surface area (Å²) in [4.78, 5) is 16.6. The number of aromatic nitrogens is 3. The topological polar surface area (TPSA) is 53.9 Å². The van der Waals surface area contributed by atoms with Crippen LogP contribution in [0.1, 0.15) is 43.2 Å². The molecule has 0 amide bonds. The fourth-order valence-electron chi connectivity index (χ4n) is 3.77. The van der Waals surface area contributed by atoms with Gasteiger partial charge in [0.05, 0.1) is 5.69 Å². The minimum atomic E-state index is 0.139. The lowest BCUT2D eigenvalue weighted by atomic mass is 9.87. The Morgan fingerprint density at radius 1 is 1.07 bits per heavy atom. The van der Waals surface area contributed by atoms with E-state index in [1.165, 1.54) is 11.1 Å². The van der Waals surface area contributed by atoms with Gasteiger partial charge in [-0.05, 0) is 47.9 Å². The van der Waals surface area contributed by atoms with Gasteiger partial charge in [0, 0.05) is 37.0 Å². The van der Waals surface area contributed by atoms with E-state index >= 15 is 0 Å². The molecule has 2 aromatic heterocycles. The lowest BCUT2D eigenvalue weighted by molar-refractivity contribution is 0.590. The summed E-state index contributed by atoms with van der Waals surface area (Å²) in [5, 5.41) is 4.37. The lowest BCUT2D eigenvalue weighted by Gasteiger charge is -2.31. The molecular formula is C24H29N5S. The molecule has 0 unspecified atom stereocenters. The summed E-state index contributed by atoms with van der Waals surface area (Å²) in [7, 11) is 0. The number of fused-ring (bicyclic) bond motifs is 1. The first-order valence-electron chi connectivity index (χ1n) is 10.3. The van der Waals surface area contributed by atoms with Gasteiger partial charge in [-0.25, -0.2) is 15.0 Å². The summed E-state index contributed by atoms with van der Waals surface area (Å²) in [5.41, 5.74) is 5.98. The molecule has 4 rings (SSSR count). The van der Waals surface area contributed by atoms with Crippen LogP contribution in [0.25, 0.3) is 0 Å². The number of benzene rings is 1. The number of pyridine rings is 1. The van der Waals surface area contributed by atoms with Crippen molar-refractivity contribution in [2.75, 3.05) is 23.0 Å². The van der Waals surface area contributed by atoms with Crippen molar-refractivity contribution in [2.24, 2.45) is 0 Å².